The van der Waals surface area contributed by atoms with E-state index >= 15 is 0 Å². The van der Waals surface area contributed by atoms with Gasteiger partial charge in [0.2, 0.25) is 17.6 Å². The first kappa shape index (κ1) is 25.7. The number of nitrogens with two attached hydrogens (primary N) is 1. The van der Waals surface area contributed by atoms with Crippen LogP contribution in [0.5, 0.6) is 0 Å². The number of alkyl halides is 7. The van der Waals surface area contributed by atoms with Crippen molar-refractivity contribution in [2.24, 2.45) is 5.73 Å². The molecular weight excluding hydrogens is 451 g/mol. The van der Waals surface area contributed by atoms with Crippen molar-refractivity contribution in [3.8, 4) is 0 Å². The van der Waals surface area contributed by atoms with Crippen LogP contribution in [0, 0.1) is 0 Å². The molecule has 1 aliphatic rings. The van der Waals surface area contributed by atoms with Crippen molar-refractivity contribution in [3.63, 3.8) is 0 Å². The maximum atomic E-state index is 13.2. The Morgan fingerprint density at radius 3 is 2.25 bits per heavy atom. The number of carbonyl (C=O) groups excluding carboxylic acids is 2. The first-order valence-electron chi connectivity index (χ1n) is 9.56. The molecule has 0 saturated carbocycles. The number of carbonyl (C=O) groups is 2. The molecule has 2 amide bonds. The maximum absolute atomic E-state index is 13.2. The fourth-order valence-corrected chi connectivity index (χ4v) is 3.34. The summed E-state index contributed by atoms with van der Waals surface area (Å²) in [5, 5.41) is 0. The first-order chi connectivity index (χ1) is 14.6. The van der Waals surface area contributed by atoms with Gasteiger partial charge in [0.25, 0.3) is 0 Å². The van der Waals surface area contributed by atoms with E-state index < -0.39 is 65.7 Å². The second-order valence-corrected chi connectivity index (χ2v) is 7.55. The molecule has 32 heavy (non-hydrogen) atoms. The molecule has 180 valence electrons. The van der Waals surface area contributed by atoms with Gasteiger partial charge >= 0.3 is 12.4 Å². The molecule has 0 radical (unpaired) electrons. The summed E-state index contributed by atoms with van der Waals surface area (Å²) in [5.41, 5.74) is 3.17. The van der Waals surface area contributed by atoms with Gasteiger partial charge < -0.3 is 15.5 Å². The van der Waals surface area contributed by atoms with Crippen LogP contribution in [0.25, 0.3) is 0 Å². The lowest BCUT2D eigenvalue weighted by atomic mass is 10.0. The van der Waals surface area contributed by atoms with E-state index in [1.165, 1.54) is 13.8 Å². The fourth-order valence-electron chi connectivity index (χ4n) is 3.34. The summed E-state index contributed by atoms with van der Waals surface area (Å²) in [4.78, 5) is 32.2. The predicted molar refractivity (Wildman–Crippen MR) is 96.6 cm³/mol. The van der Waals surface area contributed by atoms with Gasteiger partial charge in [0.15, 0.2) is 5.69 Å². The SMILES string of the molecule is CC(=O)N(C[C@@H](N)CC(=O)N1CCc2c(nc(C(F)(F)F)nc2C(F)(F)F)C1)C[C@@H](C)F. The third-order valence-corrected chi connectivity index (χ3v) is 4.75. The van der Waals surface area contributed by atoms with Crippen LogP contribution < -0.4 is 5.73 Å². The molecule has 0 aromatic carbocycles. The molecule has 2 rings (SSSR count). The summed E-state index contributed by atoms with van der Waals surface area (Å²) < 4.78 is 91.9. The topological polar surface area (TPSA) is 92.4 Å². The highest BCUT2D eigenvalue weighted by Gasteiger charge is 2.43. The average Bonchev–Trinajstić information content (AvgIpc) is 2.63. The van der Waals surface area contributed by atoms with Crippen LogP contribution >= 0.6 is 0 Å². The van der Waals surface area contributed by atoms with Gasteiger partial charge in [-0.15, -0.1) is 0 Å². The Balaban J connectivity index is 2.18. The minimum Gasteiger partial charge on any atom is -0.338 e. The van der Waals surface area contributed by atoms with Gasteiger partial charge in [-0.2, -0.15) is 26.3 Å². The molecule has 0 aliphatic carbocycles. The summed E-state index contributed by atoms with van der Waals surface area (Å²) in [6.45, 7) is 1.30. The number of halogens is 7. The molecule has 0 bridgehead atoms. The number of hydrogen-bond donors (Lipinski definition) is 1. The maximum Gasteiger partial charge on any atom is 0.451 e. The van der Waals surface area contributed by atoms with E-state index in [-0.39, 0.29) is 32.5 Å². The molecule has 0 saturated heterocycles. The van der Waals surface area contributed by atoms with E-state index in [0.29, 0.717) is 0 Å². The Morgan fingerprint density at radius 1 is 1.12 bits per heavy atom. The van der Waals surface area contributed by atoms with Crippen LogP contribution in [0.3, 0.4) is 0 Å². The average molecular weight is 473 g/mol. The monoisotopic (exact) mass is 473 g/mol. The van der Waals surface area contributed by atoms with Crippen LogP contribution in [-0.2, 0) is 34.9 Å². The fraction of sp³-hybridized carbons (Fsp3) is 0.667. The smallest absolute Gasteiger partial charge is 0.338 e. The molecule has 2 atom stereocenters. The zero-order valence-electron chi connectivity index (χ0n) is 17.2. The lowest BCUT2D eigenvalue weighted by Crippen LogP contribution is -2.46. The molecule has 1 aromatic heterocycles. The number of hydrogen-bond acceptors (Lipinski definition) is 5. The second kappa shape index (κ2) is 9.55. The van der Waals surface area contributed by atoms with Crippen LogP contribution in [0.4, 0.5) is 30.7 Å². The van der Waals surface area contributed by atoms with E-state index in [1.54, 1.807) is 0 Å². The van der Waals surface area contributed by atoms with E-state index in [2.05, 4.69) is 9.97 Å². The van der Waals surface area contributed by atoms with Gasteiger partial charge in [0.05, 0.1) is 18.8 Å². The van der Waals surface area contributed by atoms with Gasteiger partial charge in [-0.1, -0.05) is 0 Å². The van der Waals surface area contributed by atoms with E-state index in [0.717, 1.165) is 9.80 Å². The molecule has 14 heteroatoms. The highest BCUT2D eigenvalue weighted by Crippen LogP contribution is 2.36. The van der Waals surface area contributed by atoms with Crippen LogP contribution in [-0.4, -0.2) is 63.4 Å². The van der Waals surface area contributed by atoms with Gasteiger partial charge in [-0.25, -0.2) is 14.4 Å². The van der Waals surface area contributed by atoms with Crippen molar-refractivity contribution in [1.29, 1.82) is 0 Å². The molecule has 0 spiro atoms. The van der Waals surface area contributed by atoms with Crippen molar-refractivity contribution < 1.29 is 40.3 Å². The zero-order valence-corrected chi connectivity index (χ0v) is 17.2. The highest BCUT2D eigenvalue weighted by molar-refractivity contribution is 5.77. The number of amides is 2. The summed E-state index contributed by atoms with van der Waals surface area (Å²) in [7, 11) is 0. The van der Waals surface area contributed by atoms with Crippen molar-refractivity contribution >= 4 is 11.8 Å². The van der Waals surface area contributed by atoms with Gasteiger partial charge in [0, 0.05) is 38.0 Å². The minimum atomic E-state index is -5.20. The molecule has 1 aliphatic heterocycles. The van der Waals surface area contributed by atoms with Gasteiger partial charge in [-0.05, 0) is 13.3 Å². The summed E-state index contributed by atoms with van der Waals surface area (Å²) in [6.07, 6.45) is -12.4. The largest absolute Gasteiger partial charge is 0.451 e. The van der Waals surface area contributed by atoms with Crippen LogP contribution in [0.15, 0.2) is 0 Å². The minimum absolute atomic E-state index is 0.141. The van der Waals surface area contributed by atoms with Crippen molar-refractivity contribution in [2.45, 2.75) is 57.8 Å². The van der Waals surface area contributed by atoms with Crippen LogP contribution in [0.2, 0.25) is 0 Å². The predicted octanol–water partition coefficient (Wildman–Crippen LogP) is 2.32. The van der Waals surface area contributed by atoms with E-state index in [4.69, 9.17) is 5.73 Å². The Kier molecular flexibility index (Phi) is 7.68. The summed E-state index contributed by atoms with van der Waals surface area (Å²) in [5.74, 6) is -3.03. The zero-order chi connectivity index (χ0) is 24.4. The molecule has 2 N–H and O–H groups in total. The van der Waals surface area contributed by atoms with Crippen molar-refractivity contribution in [2.75, 3.05) is 19.6 Å². The molecule has 0 fully saturated rings. The molecular formula is C18H22F7N5O2. The molecule has 0 unspecified atom stereocenters. The Hall–Kier alpha value is -2.51. The van der Waals surface area contributed by atoms with Crippen molar-refractivity contribution in [1.82, 2.24) is 19.8 Å². The van der Waals surface area contributed by atoms with E-state index in [1.807, 2.05) is 0 Å². The van der Waals surface area contributed by atoms with E-state index in [9.17, 15) is 40.3 Å². The van der Waals surface area contributed by atoms with Gasteiger partial charge in [0.1, 0.15) is 6.17 Å². The summed E-state index contributed by atoms with van der Waals surface area (Å²) >= 11 is 0. The normalized spacial score (nSPS) is 16.4. The van der Waals surface area contributed by atoms with Crippen molar-refractivity contribution in [3.05, 3.63) is 22.8 Å². The number of rotatable bonds is 6. The first-order valence-corrected chi connectivity index (χ1v) is 9.56. The number of fused-ring (bicyclic) bond motifs is 1. The Bertz CT molecular complexity index is 857. The number of nitrogens with zero attached hydrogens (tertiary/aromatic N) is 4. The molecule has 1 aromatic rings. The quantitative estimate of drug-likeness (QED) is 0.641. The highest BCUT2D eigenvalue weighted by atomic mass is 19.4. The Morgan fingerprint density at radius 2 is 1.75 bits per heavy atom. The number of aromatic nitrogens is 2. The van der Waals surface area contributed by atoms with Crippen LogP contribution in [0.1, 0.15) is 43.0 Å². The lowest BCUT2D eigenvalue weighted by molar-refractivity contribution is -0.153. The standard InChI is InChI=1S/C18H22F7N5O2/c1-9(19)6-30(10(2)31)7-11(26)5-14(32)29-4-3-12-13(8-29)27-16(18(23,24)25)28-15(12)17(20,21)22/h9,11H,3-8,26H2,1-2H3/t9-,11+/m1/s1. The summed E-state index contributed by atoms with van der Waals surface area (Å²) in [6, 6.07) is -0.909. The Labute approximate surface area is 178 Å². The molecule has 2 heterocycles. The third-order valence-electron chi connectivity index (χ3n) is 4.75. The lowest BCUT2D eigenvalue weighted by Gasteiger charge is -2.31. The molecule has 7 nitrogen and oxygen atoms in total. The van der Waals surface area contributed by atoms with Gasteiger partial charge in [-0.3, -0.25) is 9.59 Å². The third kappa shape index (κ3) is 6.50. The second-order valence-electron chi connectivity index (χ2n) is 7.55.